The summed E-state index contributed by atoms with van der Waals surface area (Å²) in [6, 6.07) is 7.95. The molecule has 0 aliphatic carbocycles. The largest absolute Gasteiger partial charge is 0.409 e. The first kappa shape index (κ1) is 12.8. The fourth-order valence-electron chi connectivity index (χ4n) is 1.76. The minimum absolute atomic E-state index is 0.0670. The molecule has 0 radical (unpaired) electrons. The molecule has 2 aromatic rings. The van der Waals surface area contributed by atoms with E-state index in [1.54, 1.807) is 6.20 Å². The molecular formula is C13H15N5O. The van der Waals surface area contributed by atoms with Gasteiger partial charge in [-0.15, -0.1) is 0 Å². The van der Waals surface area contributed by atoms with Gasteiger partial charge in [-0.2, -0.15) is 0 Å². The molecule has 0 spiro atoms. The van der Waals surface area contributed by atoms with Crippen LogP contribution in [0.15, 0.2) is 41.8 Å². The number of nitrogens with zero attached hydrogens (tertiary/aromatic N) is 4. The molecule has 0 amide bonds. The van der Waals surface area contributed by atoms with E-state index in [0.717, 1.165) is 11.3 Å². The average molecular weight is 257 g/mol. The molecule has 6 nitrogen and oxygen atoms in total. The number of oxime groups is 1. The second kappa shape index (κ2) is 5.34. The van der Waals surface area contributed by atoms with E-state index in [0.29, 0.717) is 11.5 Å². The van der Waals surface area contributed by atoms with Crippen molar-refractivity contribution >= 4 is 17.3 Å². The Morgan fingerprint density at radius 3 is 2.74 bits per heavy atom. The Kier molecular flexibility index (Phi) is 3.61. The second-order valence-corrected chi connectivity index (χ2v) is 4.11. The number of aryl methyl sites for hydroxylation is 1. The number of hydrogen-bond donors (Lipinski definition) is 2. The number of hydrogen-bond acceptors (Lipinski definition) is 5. The van der Waals surface area contributed by atoms with Crippen LogP contribution in [0.4, 0.5) is 11.5 Å². The van der Waals surface area contributed by atoms with Crippen molar-refractivity contribution in [2.45, 2.75) is 6.92 Å². The molecule has 2 rings (SSSR count). The highest BCUT2D eigenvalue weighted by Gasteiger charge is 2.15. The van der Waals surface area contributed by atoms with Gasteiger partial charge in [0.25, 0.3) is 0 Å². The first-order valence-electron chi connectivity index (χ1n) is 5.73. The highest BCUT2D eigenvalue weighted by atomic mass is 16.4. The van der Waals surface area contributed by atoms with Crippen molar-refractivity contribution in [2.75, 3.05) is 11.9 Å². The molecule has 0 atom stereocenters. The summed E-state index contributed by atoms with van der Waals surface area (Å²) >= 11 is 0. The normalized spacial score (nSPS) is 11.4. The van der Waals surface area contributed by atoms with Gasteiger partial charge < -0.3 is 15.8 Å². The van der Waals surface area contributed by atoms with Crippen molar-refractivity contribution < 1.29 is 5.21 Å². The molecule has 0 saturated heterocycles. The molecule has 1 heterocycles. The monoisotopic (exact) mass is 257 g/mol. The van der Waals surface area contributed by atoms with Crippen LogP contribution in [0.1, 0.15) is 11.3 Å². The maximum Gasteiger partial charge on any atom is 0.192 e. The molecule has 3 N–H and O–H groups in total. The Morgan fingerprint density at radius 1 is 1.32 bits per heavy atom. The van der Waals surface area contributed by atoms with Crippen LogP contribution in [0.2, 0.25) is 0 Å². The molecule has 0 bridgehead atoms. The molecule has 6 heteroatoms. The van der Waals surface area contributed by atoms with E-state index < -0.39 is 0 Å². The number of amidine groups is 1. The quantitative estimate of drug-likeness (QED) is 0.378. The Labute approximate surface area is 111 Å². The number of benzene rings is 1. The van der Waals surface area contributed by atoms with Crippen molar-refractivity contribution in [3.05, 3.63) is 47.9 Å². The van der Waals surface area contributed by atoms with E-state index in [1.165, 1.54) is 6.20 Å². The molecule has 1 aromatic carbocycles. The van der Waals surface area contributed by atoms with Crippen molar-refractivity contribution in [3.63, 3.8) is 0 Å². The van der Waals surface area contributed by atoms with Crippen LogP contribution in [0.25, 0.3) is 0 Å². The Bertz CT molecular complexity index is 611. The molecule has 0 unspecified atom stereocenters. The third-order valence-corrected chi connectivity index (χ3v) is 2.74. The fraction of sp³-hybridized carbons (Fsp3) is 0.154. The van der Waals surface area contributed by atoms with E-state index in [4.69, 9.17) is 10.9 Å². The summed E-state index contributed by atoms with van der Waals surface area (Å²) in [4.78, 5) is 10.2. The van der Waals surface area contributed by atoms with Crippen LogP contribution in [-0.4, -0.2) is 28.1 Å². The maximum absolute atomic E-state index is 8.79. The molecule has 98 valence electrons. The minimum Gasteiger partial charge on any atom is -0.409 e. The van der Waals surface area contributed by atoms with Crippen LogP contribution in [-0.2, 0) is 0 Å². The Morgan fingerprint density at radius 2 is 2.05 bits per heavy atom. The summed E-state index contributed by atoms with van der Waals surface area (Å²) in [6.45, 7) is 2.01. The van der Waals surface area contributed by atoms with Crippen LogP contribution in [0.5, 0.6) is 0 Å². The van der Waals surface area contributed by atoms with E-state index in [2.05, 4.69) is 15.1 Å². The van der Waals surface area contributed by atoms with E-state index in [1.807, 2.05) is 43.1 Å². The second-order valence-electron chi connectivity index (χ2n) is 4.11. The summed E-state index contributed by atoms with van der Waals surface area (Å²) < 4.78 is 0. The Hall–Kier alpha value is -2.63. The van der Waals surface area contributed by atoms with Gasteiger partial charge in [-0.25, -0.2) is 9.97 Å². The zero-order valence-electron chi connectivity index (χ0n) is 10.8. The zero-order valence-corrected chi connectivity index (χ0v) is 10.8. The van der Waals surface area contributed by atoms with Crippen LogP contribution >= 0.6 is 0 Å². The lowest BCUT2D eigenvalue weighted by molar-refractivity contribution is 0.318. The van der Waals surface area contributed by atoms with E-state index in [-0.39, 0.29) is 5.84 Å². The predicted molar refractivity (Wildman–Crippen MR) is 73.8 cm³/mol. The lowest BCUT2D eigenvalue weighted by Crippen LogP contribution is -2.22. The van der Waals surface area contributed by atoms with Gasteiger partial charge >= 0.3 is 0 Å². The lowest BCUT2D eigenvalue weighted by atomic mass is 10.2. The summed E-state index contributed by atoms with van der Waals surface area (Å²) in [5.41, 5.74) is 8.04. The number of nitrogens with two attached hydrogens (primary N) is 1. The number of anilines is 2. The molecule has 1 aromatic heterocycles. The SMILES string of the molecule is Cc1cccc(N(C)c2nccnc2C(N)=NO)c1. The third kappa shape index (κ3) is 2.62. The molecular weight excluding hydrogens is 242 g/mol. The van der Waals surface area contributed by atoms with Gasteiger partial charge in [0, 0.05) is 25.1 Å². The standard InChI is InChI=1S/C13H15N5O/c1-9-4-3-5-10(8-9)18(2)13-11(12(14)17-19)15-6-7-16-13/h3-8,19H,1-2H3,(H2,14,17). The van der Waals surface area contributed by atoms with Gasteiger partial charge in [0.2, 0.25) is 0 Å². The lowest BCUT2D eigenvalue weighted by Gasteiger charge is -2.20. The third-order valence-electron chi connectivity index (χ3n) is 2.74. The predicted octanol–water partition coefficient (Wildman–Crippen LogP) is 1.65. The van der Waals surface area contributed by atoms with Crippen molar-refractivity contribution in [1.29, 1.82) is 0 Å². The van der Waals surface area contributed by atoms with Crippen molar-refractivity contribution in [3.8, 4) is 0 Å². The van der Waals surface area contributed by atoms with Gasteiger partial charge in [-0.1, -0.05) is 17.3 Å². The minimum atomic E-state index is -0.0670. The van der Waals surface area contributed by atoms with Crippen molar-refractivity contribution in [1.82, 2.24) is 9.97 Å². The van der Waals surface area contributed by atoms with Gasteiger partial charge in [0.05, 0.1) is 0 Å². The summed E-state index contributed by atoms with van der Waals surface area (Å²) in [5.74, 6) is 0.464. The van der Waals surface area contributed by atoms with Crippen LogP contribution in [0, 0.1) is 6.92 Å². The first-order chi connectivity index (χ1) is 9.13. The Balaban J connectivity index is 2.47. The summed E-state index contributed by atoms with van der Waals surface area (Å²) in [5, 5.41) is 11.8. The average Bonchev–Trinajstić information content (AvgIpc) is 2.45. The van der Waals surface area contributed by atoms with Crippen LogP contribution < -0.4 is 10.6 Å². The van der Waals surface area contributed by atoms with Crippen LogP contribution in [0.3, 0.4) is 0 Å². The summed E-state index contributed by atoms with van der Waals surface area (Å²) in [6.07, 6.45) is 3.07. The topological polar surface area (TPSA) is 87.6 Å². The van der Waals surface area contributed by atoms with Gasteiger partial charge in [-0.3, -0.25) is 0 Å². The van der Waals surface area contributed by atoms with Crippen molar-refractivity contribution in [2.24, 2.45) is 10.9 Å². The molecule has 0 aliphatic rings. The van der Waals surface area contributed by atoms with Gasteiger partial charge in [0.1, 0.15) is 0 Å². The fourth-order valence-corrected chi connectivity index (χ4v) is 1.76. The molecule has 19 heavy (non-hydrogen) atoms. The zero-order chi connectivity index (χ0) is 13.8. The maximum atomic E-state index is 8.79. The molecule has 0 aliphatic heterocycles. The van der Waals surface area contributed by atoms with E-state index >= 15 is 0 Å². The van der Waals surface area contributed by atoms with E-state index in [9.17, 15) is 0 Å². The number of aromatic nitrogens is 2. The highest BCUT2D eigenvalue weighted by Crippen LogP contribution is 2.24. The smallest absolute Gasteiger partial charge is 0.192 e. The number of rotatable bonds is 3. The van der Waals surface area contributed by atoms with Gasteiger partial charge in [-0.05, 0) is 24.6 Å². The molecule has 0 fully saturated rings. The van der Waals surface area contributed by atoms with Gasteiger partial charge in [0.15, 0.2) is 17.3 Å². The highest BCUT2D eigenvalue weighted by molar-refractivity contribution is 6.00. The summed E-state index contributed by atoms with van der Waals surface area (Å²) in [7, 11) is 1.85. The molecule has 0 saturated carbocycles. The first-order valence-corrected chi connectivity index (χ1v) is 5.73.